The Bertz CT molecular complexity index is 384. The van der Waals surface area contributed by atoms with E-state index in [0.29, 0.717) is 17.7 Å². The van der Waals surface area contributed by atoms with E-state index in [-0.39, 0.29) is 5.91 Å². The maximum atomic E-state index is 11.6. The number of hydrogen-bond donors (Lipinski definition) is 1. The molecule has 1 aromatic rings. The third-order valence-corrected chi connectivity index (χ3v) is 2.46. The summed E-state index contributed by atoms with van der Waals surface area (Å²) in [6.45, 7) is 0.650. The second-order valence-corrected chi connectivity index (χ2v) is 3.93. The molecule has 1 rings (SSSR count). The third-order valence-electron chi connectivity index (χ3n) is 1.85. The molecule has 0 saturated carbocycles. The minimum Gasteiger partial charge on any atom is -0.351 e. The molecule has 0 radical (unpaired) electrons. The van der Waals surface area contributed by atoms with Crippen LogP contribution < -0.4 is 5.32 Å². The maximum Gasteiger partial charge on any atom is 0.251 e. The van der Waals surface area contributed by atoms with Crippen LogP contribution in [0, 0.1) is 11.3 Å². The molecule has 15 heavy (non-hydrogen) atoms. The van der Waals surface area contributed by atoms with Gasteiger partial charge in [0.15, 0.2) is 0 Å². The first kappa shape index (κ1) is 11.6. The zero-order chi connectivity index (χ0) is 11.1. The molecule has 0 atom stereocenters. The Morgan fingerprint density at radius 3 is 3.07 bits per heavy atom. The average Bonchev–Trinajstić information content (AvgIpc) is 2.29. The Morgan fingerprint density at radius 1 is 1.60 bits per heavy atom. The molecule has 4 heteroatoms. The Kier molecular flexibility index (Phi) is 4.72. The fraction of sp³-hybridized carbons (Fsp3) is 0.273. The first-order valence-electron chi connectivity index (χ1n) is 4.55. The van der Waals surface area contributed by atoms with Crippen LogP contribution in [0.4, 0.5) is 0 Å². The molecule has 0 saturated heterocycles. The van der Waals surface area contributed by atoms with Crippen LogP contribution in [0.1, 0.15) is 15.9 Å². The summed E-state index contributed by atoms with van der Waals surface area (Å²) in [5.74, 6) is 0.769. The predicted octanol–water partition coefficient (Wildman–Crippen LogP) is 1.65. The number of carbonyl (C=O) groups excluding carboxylic acids is 1. The summed E-state index contributed by atoms with van der Waals surface area (Å²) in [5.41, 5.74) is 1.04. The lowest BCUT2D eigenvalue weighted by Gasteiger charge is -2.03. The van der Waals surface area contributed by atoms with Crippen molar-refractivity contribution in [2.24, 2.45) is 0 Å². The zero-order valence-electron chi connectivity index (χ0n) is 8.49. The zero-order valence-corrected chi connectivity index (χ0v) is 9.30. The van der Waals surface area contributed by atoms with Crippen LogP contribution in [0.15, 0.2) is 24.3 Å². The van der Waals surface area contributed by atoms with Crippen LogP contribution in [-0.2, 0) is 0 Å². The van der Waals surface area contributed by atoms with Crippen LogP contribution >= 0.6 is 11.8 Å². The highest BCUT2D eigenvalue weighted by Gasteiger charge is 2.04. The molecule has 0 aromatic heterocycles. The Labute approximate surface area is 93.5 Å². The van der Waals surface area contributed by atoms with E-state index in [2.05, 4.69) is 5.32 Å². The molecule has 0 heterocycles. The second kappa shape index (κ2) is 6.10. The van der Waals surface area contributed by atoms with Gasteiger partial charge in [-0.1, -0.05) is 6.07 Å². The standard InChI is InChI=1S/C11H12N2OS/c1-15-6-5-13-11(14)10-4-2-3-9(7-10)8-12/h2-4,7H,5-6H2,1H3,(H,13,14). The van der Waals surface area contributed by atoms with Crippen LogP contribution in [0.2, 0.25) is 0 Å². The predicted molar refractivity (Wildman–Crippen MR) is 61.9 cm³/mol. The lowest BCUT2D eigenvalue weighted by atomic mass is 10.1. The number of amides is 1. The highest BCUT2D eigenvalue weighted by atomic mass is 32.2. The van der Waals surface area contributed by atoms with Crippen LogP contribution in [-0.4, -0.2) is 24.5 Å². The van der Waals surface area contributed by atoms with Gasteiger partial charge in [0.25, 0.3) is 5.91 Å². The van der Waals surface area contributed by atoms with Gasteiger partial charge in [0, 0.05) is 17.9 Å². The summed E-state index contributed by atoms with van der Waals surface area (Å²) in [7, 11) is 0. The van der Waals surface area contributed by atoms with E-state index >= 15 is 0 Å². The molecule has 3 nitrogen and oxygen atoms in total. The minimum absolute atomic E-state index is 0.124. The largest absolute Gasteiger partial charge is 0.351 e. The number of nitrogens with zero attached hydrogens (tertiary/aromatic N) is 1. The summed E-state index contributed by atoms with van der Waals surface area (Å²) in [4.78, 5) is 11.6. The molecule has 1 aromatic carbocycles. The molecule has 0 aliphatic heterocycles. The monoisotopic (exact) mass is 220 g/mol. The quantitative estimate of drug-likeness (QED) is 0.785. The van der Waals surface area contributed by atoms with Gasteiger partial charge in [0.1, 0.15) is 0 Å². The van der Waals surface area contributed by atoms with Crippen LogP contribution in [0.25, 0.3) is 0 Å². The normalized spacial score (nSPS) is 9.33. The highest BCUT2D eigenvalue weighted by molar-refractivity contribution is 7.98. The van der Waals surface area contributed by atoms with Gasteiger partial charge in [-0.2, -0.15) is 17.0 Å². The maximum absolute atomic E-state index is 11.6. The number of rotatable bonds is 4. The van der Waals surface area contributed by atoms with Gasteiger partial charge < -0.3 is 5.32 Å². The van der Waals surface area contributed by atoms with E-state index in [4.69, 9.17) is 5.26 Å². The first-order valence-corrected chi connectivity index (χ1v) is 5.94. The molecule has 0 aliphatic carbocycles. The third kappa shape index (κ3) is 3.64. The van der Waals surface area contributed by atoms with E-state index in [1.54, 1.807) is 36.0 Å². The molecule has 1 amide bonds. The highest BCUT2D eigenvalue weighted by Crippen LogP contribution is 2.03. The molecular weight excluding hydrogens is 208 g/mol. The average molecular weight is 220 g/mol. The molecule has 0 unspecified atom stereocenters. The van der Waals surface area contributed by atoms with E-state index < -0.39 is 0 Å². The summed E-state index contributed by atoms with van der Waals surface area (Å²) >= 11 is 1.68. The van der Waals surface area contributed by atoms with E-state index in [1.165, 1.54) is 0 Å². The Morgan fingerprint density at radius 2 is 2.40 bits per heavy atom. The number of nitriles is 1. The van der Waals surface area contributed by atoms with Gasteiger partial charge in [-0.3, -0.25) is 4.79 Å². The number of benzene rings is 1. The van der Waals surface area contributed by atoms with Crippen molar-refractivity contribution < 1.29 is 4.79 Å². The van der Waals surface area contributed by atoms with Gasteiger partial charge >= 0.3 is 0 Å². The van der Waals surface area contributed by atoms with Crippen LogP contribution in [0.5, 0.6) is 0 Å². The lowest BCUT2D eigenvalue weighted by molar-refractivity contribution is 0.0956. The fourth-order valence-corrected chi connectivity index (χ4v) is 1.40. The van der Waals surface area contributed by atoms with Gasteiger partial charge in [0.05, 0.1) is 11.6 Å². The molecule has 0 fully saturated rings. The number of nitrogens with one attached hydrogen (secondary N) is 1. The van der Waals surface area contributed by atoms with E-state index in [9.17, 15) is 4.79 Å². The summed E-state index contributed by atoms with van der Waals surface area (Å²) in [6, 6.07) is 8.69. The lowest BCUT2D eigenvalue weighted by Crippen LogP contribution is -2.25. The van der Waals surface area contributed by atoms with Gasteiger partial charge in [-0.15, -0.1) is 0 Å². The van der Waals surface area contributed by atoms with Crippen molar-refractivity contribution in [3.05, 3.63) is 35.4 Å². The number of thioether (sulfide) groups is 1. The van der Waals surface area contributed by atoms with Crippen molar-refractivity contribution in [2.45, 2.75) is 0 Å². The summed E-state index contributed by atoms with van der Waals surface area (Å²) in [5, 5.41) is 11.5. The van der Waals surface area contributed by atoms with Crippen molar-refractivity contribution in [1.82, 2.24) is 5.32 Å². The first-order chi connectivity index (χ1) is 7.27. The SMILES string of the molecule is CSCCNC(=O)c1cccc(C#N)c1. The second-order valence-electron chi connectivity index (χ2n) is 2.94. The van der Waals surface area contributed by atoms with Gasteiger partial charge in [0.2, 0.25) is 0 Å². The summed E-state index contributed by atoms with van der Waals surface area (Å²) < 4.78 is 0. The van der Waals surface area contributed by atoms with Crippen molar-refractivity contribution >= 4 is 17.7 Å². The smallest absolute Gasteiger partial charge is 0.251 e. The molecule has 78 valence electrons. The number of carbonyl (C=O) groups is 1. The topological polar surface area (TPSA) is 52.9 Å². The van der Waals surface area contributed by atoms with Gasteiger partial charge in [-0.05, 0) is 24.5 Å². The Hall–Kier alpha value is -1.47. The molecule has 1 N–H and O–H groups in total. The molecule has 0 spiro atoms. The minimum atomic E-state index is -0.124. The van der Waals surface area contributed by atoms with Crippen molar-refractivity contribution in [3.8, 4) is 6.07 Å². The molecule has 0 aliphatic rings. The van der Waals surface area contributed by atoms with Crippen molar-refractivity contribution in [2.75, 3.05) is 18.6 Å². The van der Waals surface area contributed by atoms with Crippen LogP contribution in [0.3, 0.4) is 0 Å². The van der Waals surface area contributed by atoms with Crippen molar-refractivity contribution in [1.29, 1.82) is 5.26 Å². The van der Waals surface area contributed by atoms with Gasteiger partial charge in [-0.25, -0.2) is 0 Å². The Balaban J connectivity index is 2.62. The van der Waals surface area contributed by atoms with Crippen molar-refractivity contribution in [3.63, 3.8) is 0 Å². The number of hydrogen-bond acceptors (Lipinski definition) is 3. The summed E-state index contributed by atoms with van der Waals surface area (Å²) in [6.07, 6.45) is 1.99. The molecule has 0 bridgehead atoms. The van der Waals surface area contributed by atoms with E-state index in [0.717, 1.165) is 5.75 Å². The molecular formula is C11H12N2OS. The van der Waals surface area contributed by atoms with E-state index in [1.807, 2.05) is 12.3 Å². The fourth-order valence-electron chi connectivity index (χ4n) is 1.10.